The lowest BCUT2D eigenvalue weighted by atomic mass is 9.78. The molecule has 1 aliphatic carbocycles. The summed E-state index contributed by atoms with van der Waals surface area (Å²) in [4.78, 5) is 67.1. The first-order chi connectivity index (χ1) is 23.4. The van der Waals surface area contributed by atoms with Gasteiger partial charge in [0.25, 0.3) is 5.91 Å². The second-order valence-electron chi connectivity index (χ2n) is 13.8. The number of Topliss-reactive ketones (excluding diaryl/α,β-unsaturated/α-hetero) is 2. The highest BCUT2D eigenvalue weighted by Gasteiger charge is 2.54. The van der Waals surface area contributed by atoms with Crippen LogP contribution in [-0.2, 0) is 35.8 Å². The SMILES string of the molecule is CCOC(=O)/C=C/[C@@H]1C[C@@]2(CC1CC(=O)[C@@H](CC(=O)[C@@H](NC(=O)c1cc(C)on1)C(C)C)Cc1ccc(C)cc1)C(=O)Nc1ccccc12. The van der Waals surface area contributed by atoms with E-state index in [1.54, 1.807) is 19.9 Å². The van der Waals surface area contributed by atoms with Crippen molar-refractivity contribution in [3.63, 3.8) is 0 Å². The molecule has 0 bridgehead atoms. The summed E-state index contributed by atoms with van der Waals surface area (Å²) in [5.41, 5.74) is 2.91. The number of aryl methyl sites for hydroxylation is 2. The molecule has 5 rings (SSSR count). The highest BCUT2D eigenvalue weighted by Crippen LogP contribution is 2.54. The third-order valence-corrected chi connectivity index (χ3v) is 9.82. The molecule has 0 saturated heterocycles. The number of nitrogens with zero attached hydrogens (tertiary/aromatic N) is 1. The number of para-hydroxylation sites is 1. The Hall–Kier alpha value is -4.86. The van der Waals surface area contributed by atoms with Crippen molar-refractivity contribution in [1.29, 1.82) is 0 Å². The molecule has 3 aromatic rings. The number of carbonyl (C=O) groups excluding carboxylic acids is 5. The predicted octanol–water partition coefficient (Wildman–Crippen LogP) is 5.86. The fourth-order valence-electron chi connectivity index (χ4n) is 7.28. The van der Waals surface area contributed by atoms with Gasteiger partial charge in [0.1, 0.15) is 11.5 Å². The van der Waals surface area contributed by atoms with Crippen molar-refractivity contribution in [1.82, 2.24) is 10.5 Å². The number of carbonyl (C=O) groups is 5. The number of esters is 1. The minimum Gasteiger partial charge on any atom is -0.463 e. The summed E-state index contributed by atoms with van der Waals surface area (Å²) >= 11 is 0. The number of fused-ring (bicyclic) bond motifs is 2. The maximum absolute atomic E-state index is 14.4. The molecule has 10 heteroatoms. The third-order valence-electron chi connectivity index (χ3n) is 9.82. The fraction of sp³-hybridized carbons (Fsp3) is 0.436. The molecule has 258 valence electrons. The number of aromatic nitrogens is 1. The van der Waals surface area contributed by atoms with Crippen LogP contribution >= 0.6 is 0 Å². The van der Waals surface area contributed by atoms with Crippen LogP contribution in [0.2, 0.25) is 0 Å². The number of benzene rings is 2. The number of ketones is 2. The number of hydrogen-bond acceptors (Lipinski definition) is 8. The van der Waals surface area contributed by atoms with Crippen LogP contribution < -0.4 is 10.6 Å². The summed E-state index contributed by atoms with van der Waals surface area (Å²) in [7, 11) is 0. The fourth-order valence-corrected chi connectivity index (χ4v) is 7.28. The van der Waals surface area contributed by atoms with E-state index in [1.165, 1.54) is 12.1 Å². The van der Waals surface area contributed by atoms with E-state index in [4.69, 9.17) is 9.26 Å². The van der Waals surface area contributed by atoms with Gasteiger partial charge in [0.15, 0.2) is 11.5 Å². The van der Waals surface area contributed by atoms with Crippen LogP contribution in [-0.4, -0.2) is 47.2 Å². The number of anilines is 1. The molecule has 1 spiro atoms. The molecule has 0 radical (unpaired) electrons. The van der Waals surface area contributed by atoms with Crippen LogP contribution in [0.15, 0.2) is 71.3 Å². The van der Waals surface area contributed by atoms with E-state index in [9.17, 15) is 24.0 Å². The van der Waals surface area contributed by atoms with Crippen LogP contribution in [0.25, 0.3) is 0 Å². The zero-order chi connectivity index (χ0) is 35.3. The lowest BCUT2D eigenvalue weighted by Gasteiger charge is -2.25. The van der Waals surface area contributed by atoms with Gasteiger partial charge >= 0.3 is 5.97 Å². The number of ether oxygens (including phenoxy) is 1. The maximum Gasteiger partial charge on any atom is 0.330 e. The van der Waals surface area contributed by atoms with Gasteiger partial charge in [-0.25, -0.2) is 4.79 Å². The number of hydrogen-bond donors (Lipinski definition) is 2. The molecule has 2 aliphatic rings. The number of nitrogens with one attached hydrogen (secondary N) is 2. The number of amides is 2. The summed E-state index contributed by atoms with van der Waals surface area (Å²) in [5, 5.41) is 9.60. The van der Waals surface area contributed by atoms with E-state index >= 15 is 0 Å². The molecule has 1 saturated carbocycles. The van der Waals surface area contributed by atoms with Gasteiger partial charge in [0.2, 0.25) is 5.91 Å². The second kappa shape index (κ2) is 15.1. The van der Waals surface area contributed by atoms with Crippen molar-refractivity contribution < 1.29 is 33.2 Å². The predicted molar refractivity (Wildman–Crippen MR) is 184 cm³/mol. The van der Waals surface area contributed by atoms with Crippen molar-refractivity contribution in [2.45, 2.75) is 78.2 Å². The third kappa shape index (κ3) is 8.07. The van der Waals surface area contributed by atoms with Gasteiger partial charge < -0.3 is 19.9 Å². The normalized spacial score (nSPS) is 21.1. The van der Waals surface area contributed by atoms with Crippen molar-refractivity contribution >= 4 is 35.0 Å². The Bertz CT molecular complexity index is 1740. The maximum atomic E-state index is 14.4. The van der Waals surface area contributed by atoms with E-state index in [0.717, 1.165) is 22.4 Å². The Morgan fingerprint density at radius 2 is 1.80 bits per heavy atom. The quantitative estimate of drug-likeness (QED) is 0.161. The molecule has 2 amide bonds. The average Bonchev–Trinajstić information content (AvgIpc) is 3.74. The minimum atomic E-state index is -0.841. The van der Waals surface area contributed by atoms with Gasteiger partial charge in [-0.05, 0) is 75.0 Å². The van der Waals surface area contributed by atoms with E-state index in [0.29, 0.717) is 25.0 Å². The van der Waals surface area contributed by atoms with Crippen molar-refractivity contribution in [2.24, 2.45) is 23.7 Å². The minimum absolute atomic E-state index is 0.0712. The Morgan fingerprint density at radius 1 is 1.06 bits per heavy atom. The lowest BCUT2D eigenvalue weighted by molar-refractivity contribution is -0.137. The Labute approximate surface area is 287 Å². The summed E-state index contributed by atoms with van der Waals surface area (Å²) in [6, 6.07) is 16.1. The zero-order valence-corrected chi connectivity index (χ0v) is 28.8. The Balaban J connectivity index is 1.41. The molecular formula is C39H45N3O7. The molecule has 10 nitrogen and oxygen atoms in total. The van der Waals surface area contributed by atoms with Gasteiger partial charge in [-0.1, -0.05) is 73.1 Å². The molecular weight excluding hydrogens is 622 g/mol. The first-order valence-corrected chi connectivity index (χ1v) is 17.0. The molecule has 1 aromatic heterocycles. The molecule has 1 aliphatic heterocycles. The van der Waals surface area contributed by atoms with Crippen molar-refractivity contribution in [3.05, 3.63) is 94.9 Å². The highest BCUT2D eigenvalue weighted by molar-refractivity contribution is 6.06. The highest BCUT2D eigenvalue weighted by atomic mass is 16.5. The van der Waals surface area contributed by atoms with Gasteiger partial charge in [-0.15, -0.1) is 0 Å². The number of rotatable bonds is 14. The van der Waals surface area contributed by atoms with Gasteiger partial charge in [-0.3, -0.25) is 19.2 Å². The zero-order valence-electron chi connectivity index (χ0n) is 28.8. The molecule has 49 heavy (non-hydrogen) atoms. The molecule has 1 unspecified atom stereocenters. The van der Waals surface area contributed by atoms with E-state index in [1.807, 2.05) is 69.3 Å². The lowest BCUT2D eigenvalue weighted by Crippen LogP contribution is -2.45. The van der Waals surface area contributed by atoms with Gasteiger partial charge in [0, 0.05) is 36.6 Å². The summed E-state index contributed by atoms with van der Waals surface area (Å²) < 4.78 is 10.2. The molecule has 2 aromatic carbocycles. The second-order valence-corrected chi connectivity index (χ2v) is 13.8. The smallest absolute Gasteiger partial charge is 0.330 e. The Morgan fingerprint density at radius 3 is 2.47 bits per heavy atom. The average molecular weight is 668 g/mol. The first kappa shape index (κ1) is 35.4. The monoisotopic (exact) mass is 667 g/mol. The molecule has 2 heterocycles. The topological polar surface area (TPSA) is 145 Å². The standard InChI is InChI=1S/C39H45N3O7/c1-6-48-35(45)16-15-27-21-39(30-9-7-8-10-31(30)40-38(39)47)22-29(27)20-33(43)28(18-26-13-11-24(4)12-14-26)19-34(44)36(23(2)3)41-37(46)32-17-25(5)49-42-32/h7-17,23,27-29,36H,6,18-22H2,1-5H3,(H,40,47)(H,41,46)/b16-15+/t27-,28-,29?,36+,39+/m1/s1. The van der Waals surface area contributed by atoms with Crippen LogP contribution in [0.3, 0.4) is 0 Å². The molecule has 5 atom stereocenters. The van der Waals surface area contributed by atoms with Crippen LogP contribution in [0, 0.1) is 37.5 Å². The largest absolute Gasteiger partial charge is 0.463 e. The van der Waals surface area contributed by atoms with Crippen LogP contribution in [0.1, 0.15) is 79.4 Å². The van der Waals surface area contributed by atoms with Crippen LogP contribution in [0.4, 0.5) is 5.69 Å². The summed E-state index contributed by atoms with van der Waals surface area (Å²) in [6.07, 6.45) is 4.42. The summed E-state index contributed by atoms with van der Waals surface area (Å²) in [6.45, 7) is 9.32. The van der Waals surface area contributed by atoms with Crippen molar-refractivity contribution in [3.8, 4) is 0 Å². The van der Waals surface area contributed by atoms with Gasteiger partial charge in [-0.2, -0.15) is 0 Å². The first-order valence-electron chi connectivity index (χ1n) is 17.0. The number of allylic oxidation sites excluding steroid dienone is 1. The van der Waals surface area contributed by atoms with E-state index in [2.05, 4.69) is 15.8 Å². The summed E-state index contributed by atoms with van der Waals surface area (Å²) in [5.74, 6) is -2.41. The van der Waals surface area contributed by atoms with E-state index in [-0.39, 0.29) is 60.4 Å². The van der Waals surface area contributed by atoms with Crippen molar-refractivity contribution in [2.75, 3.05) is 11.9 Å². The van der Waals surface area contributed by atoms with Crippen LogP contribution in [0.5, 0.6) is 0 Å². The van der Waals surface area contributed by atoms with E-state index < -0.39 is 29.3 Å². The Kier molecular flexibility index (Phi) is 11.0. The molecule has 2 N–H and O–H groups in total. The van der Waals surface area contributed by atoms with Gasteiger partial charge in [0.05, 0.1) is 18.1 Å². The molecule has 1 fully saturated rings.